The highest BCUT2D eigenvalue weighted by molar-refractivity contribution is 7.89. The maximum Gasteiger partial charge on any atom is 0.337 e. The predicted octanol–water partition coefficient (Wildman–Crippen LogP) is 0.420. The van der Waals surface area contributed by atoms with Gasteiger partial charge in [0.1, 0.15) is 6.04 Å². The van der Waals surface area contributed by atoms with Crippen LogP contribution < -0.4 is 5.73 Å². The summed E-state index contributed by atoms with van der Waals surface area (Å²) in [5.74, 6) is -1.29. The van der Waals surface area contributed by atoms with Crippen molar-refractivity contribution in [2.45, 2.75) is 30.7 Å². The van der Waals surface area contributed by atoms with Crippen LogP contribution in [-0.4, -0.2) is 44.3 Å². The number of aryl methyl sites for hydroxylation is 1. The second-order valence-corrected chi connectivity index (χ2v) is 7.01. The molecule has 0 radical (unpaired) electrons. The van der Waals surface area contributed by atoms with Crippen molar-refractivity contribution in [1.29, 1.82) is 0 Å². The minimum Gasteiger partial charge on any atom is -0.465 e. The fourth-order valence-corrected chi connectivity index (χ4v) is 4.48. The molecule has 0 unspecified atom stereocenters. The predicted molar refractivity (Wildman–Crippen MR) is 78.6 cm³/mol. The number of hydrogen-bond donors (Lipinski definition) is 1. The van der Waals surface area contributed by atoms with Gasteiger partial charge in [0.25, 0.3) is 0 Å². The van der Waals surface area contributed by atoms with Crippen LogP contribution in [0.3, 0.4) is 0 Å². The Balaban J connectivity index is 2.49. The van der Waals surface area contributed by atoms with Gasteiger partial charge in [0.15, 0.2) is 0 Å². The Morgan fingerprint density at radius 2 is 2.05 bits per heavy atom. The average Bonchev–Trinajstić information content (AvgIpc) is 2.97. The van der Waals surface area contributed by atoms with Crippen molar-refractivity contribution >= 4 is 21.9 Å². The number of benzene rings is 1. The molecule has 7 nitrogen and oxygen atoms in total. The second-order valence-electron chi connectivity index (χ2n) is 5.15. The number of hydrogen-bond acceptors (Lipinski definition) is 5. The molecule has 0 spiro atoms. The van der Waals surface area contributed by atoms with Gasteiger partial charge in [0, 0.05) is 6.54 Å². The molecule has 22 heavy (non-hydrogen) atoms. The monoisotopic (exact) mass is 326 g/mol. The van der Waals surface area contributed by atoms with Crippen LogP contribution in [0.4, 0.5) is 0 Å². The van der Waals surface area contributed by atoms with Crippen LogP contribution in [0.2, 0.25) is 0 Å². The van der Waals surface area contributed by atoms with E-state index in [0.717, 1.165) is 4.31 Å². The van der Waals surface area contributed by atoms with Crippen LogP contribution in [0.15, 0.2) is 23.1 Å². The normalized spacial score (nSPS) is 19.1. The molecular formula is C14H18N2O5S. The van der Waals surface area contributed by atoms with Gasteiger partial charge in [0.05, 0.1) is 17.6 Å². The van der Waals surface area contributed by atoms with Crippen LogP contribution in [0.1, 0.15) is 28.8 Å². The molecule has 0 bridgehead atoms. The topological polar surface area (TPSA) is 107 Å². The van der Waals surface area contributed by atoms with Gasteiger partial charge in [-0.25, -0.2) is 13.2 Å². The summed E-state index contributed by atoms with van der Waals surface area (Å²) < 4.78 is 31.3. The van der Waals surface area contributed by atoms with E-state index in [1.807, 2.05) is 0 Å². The van der Waals surface area contributed by atoms with Gasteiger partial charge in [-0.2, -0.15) is 4.31 Å². The Kier molecular flexibility index (Phi) is 4.52. The molecule has 1 aliphatic heterocycles. The van der Waals surface area contributed by atoms with Crippen LogP contribution in [0.25, 0.3) is 0 Å². The number of primary amides is 1. The molecule has 1 aromatic rings. The van der Waals surface area contributed by atoms with Crippen molar-refractivity contribution in [3.63, 3.8) is 0 Å². The first-order valence-corrected chi connectivity index (χ1v) is 8.23. The minimum atomic E-state index is -3.90. The average molecular weight is 326 g/mol. The number of ether oxygens (including phenoxy) is 1. The number of nitrogens with two attached hydrogens (primary N) is 1. The number of carbonyl (C=O) groups is 2. The maximum absolute atomic E-state index is 12.8. The quantitative estimate of drug-likeness (QED) is 0.807. The van der Waals surface area contributed by atoms with Gasteiger partial charge in [-0.1, -0.05) is 6.07 Å². The number of carbonyl (C=O) groups excluding carboxylic acids is 2. The molecule has 2 rings (SSSR count). The fourth-order valence-electron chi connectivity index (χ4n) is 2.56. The molecule has 1 fully saturated rings. The SMILES string of the molecule is COC(=O)c1ccc(C)c(S(=O)(=O)N2CCC[C@H]2C(N)=O)c1. The summed E-state index contributed by atoms with van der Waals surface area (Å²) in [5, 5.41) is 0. The van der Waals surface area contributed by atoms with Gasteiger partial charge < -0.3 is 10.5 Å². The highest BCUT2D eigenvalue weighted by Crippen LogP contribution is 2.28. The van der Waals surface area contributed by atoms with Crippen LogP contribution in [-0.2, 0) is 19.6 Å². The summed E-state index contributed by atoms with van der Waals surface area (Å²) in [6.45, 7) is 1.86. The van der Waals surface area contributed by atoms with Crippen molar-refractivity contribution in [3.8, 4) is 0 Å². The minimum absolute atomic E-state index is 0.0106. The molecule has 1 heterocycles. The lowest BCUT2D eigenvalue weighted by atomic mass is 10.1. The van der Waals surface area contributed by atoms with Gasteiger partial charge in [-0.3, -0.25) is 4.79 Å². The van der Waals surface area contributed by atoms with Gasteiger partial charge in [-0.05, 0) is 37.5 Å². The van der Waals surface area contributed by atoms with E-state index in [2.05, 4.69) is 4.74 Å². The Morgan fingerprint density at radius 3 is 2.64 bits per heavy atom. The molecule has 0 aromatic heterocycles. The lowest BCUT2D eigenvalue weighted by Crippen LogP contribution is -2.43. The highest BCUT2D eigenvalue weighted by atomic mass is 32.2. The Hall–Kier alpha value is -1.93. The standard InChI is InChI=1S/C14H18N2O5S/c1-9-5-6-10(14(18)21-2)8-12(9)22(19,20)16-7-3-4-11(16)13(15)17/h5-6,8,11H,3-4,7H2,1-2H3,(H2,15,17)/t11-/m0/s1. The van der Waals surface area contributed by atoms with Crippen LogP contribution in [0, 0.1) is 6.92 Å². The summed E-state index contributed by atoms with van der Waals surface area (Å²) in [6, 6.07) is 3.46. The summed E-state index contributed by atoms with van der Waals surface area (Å²) in [4.78, 5) is 23.0. The van der Waals surface area contributed by atoms with E-state index in [1.54, 1.807) is 6.92 Å². The van der Waals surface area contributed by atoms with E-state index < -0.39 is 27.9 Å². The summed E-state index contributed by atoms with van der Waals surface area (Å²) in [6.07, 6.45) is 0.979. The lowest BCUT2D eigenvalue weighted by Gasteiger charge is -2.22. The molecule has 1 aromatic carbocycles. The third-order valence-electron chi connectivity index (χ3n) is 3.73. The largest absolute Gasteiger partial charge is 0.465 e. The van der Waals surface area contributed by atoms with Gasteiger partial charge >= 0.3 is 5.97 Å². The molecule has 0 aliphatic carbocycles. The van der Waals surface area contributed by atoms with E-state index >= 15 is 0 Å². The number of rotatable bonds is 4. The molecule has 1 amide bonds. The summed E-state index contributed by atoms with van der Waals surface area (Å²) in [5.41, 5.74) is 5.91. The van der Waals surface area contributed by atoms with E-state index in [9.17, 15) is 18.0 Å². The molecule has 1 atom stereocenters. The zero-order valence-electron chi connectivity index (χ0n) is 12.4. The lowest BCUT2D eigenvalue weighted by molar-refractivity contribution is -0.121. The van der Waals surface area contributed by atoms with Crippen molar-refractivity contribution in [1.82, 2.24) is 4.31 Å². The first-order chi connectivity index (χ1) is 10.3. The molecule has 1 saturated heterocycles. The zero-order valence-corrected chi connectivity index (χ0v) is 13.2. The Bertz CT molecular complexity index is 714. The first kappa shape index (κ1) is 16.4. The van der Waals surface area contributed by atoms with E-state index in [0.29, 0.717) is 18.4 Å². The van der Waals surface area contributed by atoms with Gasteiger partial charge in [-0.15, -0.1) is 0 Å². The second kappa shape index (κ2) is 6.05. The number of sulfonamides is 1. The summed E-state index contributed by atoms with van der Waals surface area (Å²) in [7, 11) is -2.68. The number of esters is 1. The van der Waals surface area contributed by atoms with E-state index in [-0.39, 0.29) is 17.0 Å². The molecule has 120 valence electrons. The third kappa shape index (κ3) is 2.84. The molecule has 1 aliphatic rings. The molecule has 8 heteroatoms. The smallest absolute Gasteiger partial charge is 0.337 e. The zero-order chi connectivity index (χ0) is 16.5. The molecular weight excluding hydrogens is 308 g/mol. The first-order valence-electron chi connectivity index (χ1n) is 6.79. The van der Waals surface area contributed by atoms with Crippen molar-refractivity contribution < 1.29 is 22.7 Å². The van der Waals surface area contributed by atoms with Crippen molar-refractivity contribution in [3.05, 3.63) is 29.3 Å². The third-order valence-corrected chi connectivity index (χ3v) is 5.78. The number of methoxy groups -OCH3 is 1. The maximum atomic E-state index is 12.8. The molecule has 0 saturated carbocycles. The number of nitrogens with zero attached hydrogens (tertiary/aromatic N) is 1. The van der Waals surface area contributed by atoms with Gasteiger partial charge in [0.2, 0.25) is 15.9 Å². The highest BCUT2D eigenvalue weighted by Gasteiger charge is 2.39. The van der Waals surface area contributed by atoms with Crippen molar-refractivity contribution in [2.75, 3.05) is 13.7 Å². The Labute approximate surface area is 129 Å². The van der Waals surface area contributed by atoms with Crippen molar-refractivity contribution in [2.24, 2.45) is 5.73 Å². The molecule has 2 N–H and O–H groups in total. The van der Waals surface area contributed by atoms with E-state index in [4.69, 9.17) is 5.73 Å². The van der Waals surface area contributed by atoms with Crippen LogP contribution in [0.5, 0.6) is 0 Å². The fraction of sp³-hybridized carbons (Fsp3) is 0.429. The summed E-state index contributed by atoms with van der Waals surface area (Å²) >= 11 is 0. The van der Waals surface area contributed by atoms with Crippen LogP contribution >= 0.6 is 0 Å². The van der Waals surface area contributed by atoms with E-state index in [1.165, 1.54) is 25.3 Å². The number of amides is 1. The Morgan fingerprint density at radius 1 is 1.36 bits per heavy atom.